The van der Waals surface area contributed by atoms with Crippen molar-refractivity contribution in [2.75, 3.05) is 14.2 Å². The Bertz CT molecular complexity index is 1300. The third kappa shape index (κ3) is 4.37. The number of halogens is 2. The van der Waals surface area contributed by atoms with Gasteiger partial charge in [0.05, 0.1) is 26.5 Å². The predicted octanol–water partition coefficient (Wildman–Crippen LogP) is 4.92. The largest absolute Gasteiger partial charge is 0.497 e. The number of rotatable bonds is 6. The fourth-order valence-corrected chi connectivity index (χ4v) is 3.37. The molecule has 0 unspecified atom stereocenters. The van der Waals surface area contributed by atoms with Crippen LogP contribution in [0.25, 0.3) is 22.4 Å². The van der Waals surface area contributed by atoms with Gasteiger partial charge in [0.15, 0.2) is 0 Å². The molecule has 32 heavy (non-hydrogen) atoms. The lowest BCUT2D eigenvalue weighted by molar-refractivity contribution is 0.414. The van der Waals surface area contributed by atoms with E-state index in [0.29, 0.717) is 22.8 Å². The molecule has 0 saturated carbocycles. The number of aromatic nitrogens is 2. The summed E-state index contributed by atoms with van der Waals surface area (Å²) in [4.78, 5) is 12.9. The number of nitrogens with zero attached hydrogens (tertiary/aromatic N) is 2. The first-order valence-electron chi connectivity index (χ1n) is 9.83. The van der Waals surface area contributed by atoms with E-state index in [0.717, 1.165) is 23.3 Å². The molecule has 0 spiro atoms. The highest BCUT2D eigenvalue weighted by Gasteiger charge is 2.15. The van der Waals surface area contributed by atoms with Gasteiger partial charge in [-0.2, -0.15) is 5.10 Å². The molecule has 0 aliphatic heterocycles. The van der Waals surface area contributed by atoms with Crippen molar-refractivity contribution in [2.45, 2.75) is 6.54 Å². The normalized spacial score (nSPS) is 10.8. The van der Waals surface area contributed by atoms with Gasteiger partial charge in [0, 0.05) is 28.8 Å². The Balaban J connectivity index is 1.85. The maximum atomic E-state index is 14.2. The van der Waals surface area contributed by atoms with Gasteiger partial charge in [-0.25, -0.2) is 13.5 Å². The van der Waals surface area contributed by atoms with Crippen LogP contribution in [0.5, 0.6) is 11.5 Å². The van der Waals surface area contributed by atoms with E-state index in [2.05, 4.69) is 5.10 Å². The molecule has 3 aromatic carbocycles. The van der Waals surface area contributed by atoms with Gasteiger partial charge in [-0.1, -0.05) is 18.2 Å². The molecule has 5 nitrogen and oxygen atoms in total. The van der Waals surface area contributed by atoms with E-state index in [4.69, 9.17) is 9.47 Å². The van der Waals surface area contributed by atoms with Gasteiger partial charge in [-0.05, 0) is 48.0 Å². The number of ether oxygens (including phenoxy) is 2. The standard InChI is InChI=1S/C25H20F2N2O3/c1-31-20-9-4-16(5-10-20)22-14-24(30)29(15-18-3-8-19(26)13-23(18)27)28-25(22)17-6-11-21(32-2)12-7-17/h3-14H,15H2,1-2H3. The summed E-state index contributed by atoms with van der Waals surface area (Å²) in [5.41, 5.74) is 2.46. The summed E-state index contributed by atoms with van der Waals surface area (Å²) >= 11 is 0. The summed E-state index contributed by atoms with van der Waals surface area (Å²) < 4.78 is 39.1. The Kier molecular flexibility index (Phi) is 5.98. The highest BCUT2D eigenvalue weighted by atomic mass is 19.1. The average Bonchev–Trinajstić information content (AvgIpc) is 2.82. The second-order valence-electron chi connectivity index (χ2n) is 7.10. The van der Waals surface area contributed by atoms with Crippen LogP contribution < -0.4 is 15.0 Å². The van der Waals surface area contributed by atoms with Crippen molar-refractivity contribution in [3.05, 3.63) is 100 Å². The van der Waals surface area contributed by atoms with Crippen molar-refractivity contribution in [3.63, 3.8) is 0 Å². The molecule has 0 bridgehead atoms. The molecule has 4 aromatic rings. The first-order valence-corrected chi connectivity index (χ1v) is 9.83. The Labute approximate surface area is 183 Å². The lowest BCUT2D eigenvalue weighted by Gasteiger charge is -2.14. The van der Waals surface area contributed by atoms with E-state index in [1.54, 1.807) is 38.5 Å². The van der Waals surface area contributed by atoms with E-state index in [1.807, 2.05) is 24.3 Å². The minimum Gasteiger partial charge on any atom is -0.497 e. The molecule has 0 aliphatic rings. The van der Waals surface area contributed by atoms with Crippen LogP contribution in [0.4, 0.5) is 8.78 Å². The van der Waals surface area contributed by atoms with Gasteiger partial charge in [0.2, 0.25) is 0 Å². The number of methoxy groups -OCH3 is 2. The Hall–Kier alpha value is -4.00. The van der Waals surface area contributed by atoms with E-state index in [-0.39, 0.29) is 12.1 Å². The molecule has 7 heteroatoms. The highest BCUT2D eigenvalue weighted by Crippen LogP contribution is 2.31. The van der Waals surface area contributed by atoms with Crippen LogP contribution in [0, 0.1) is 11.6 Å². The molecule has 0 atom stereocenters. The van der Waals surface area contributed by atoms with Gasteiger partial charge >= 0.3 is 0 Å². The van der Waals surface area contributed by atoms with E-state index < -0.39 is 17.2 Å². The molecule has 1 aromatic heterocycles. The quantitative estimate of drug-likeness (QED) is 0.432. The van der Waals surface area contributed by atoms with Crippen LogP contribution in [0.3, 0.4) is 0 Å². The minimum absolute atomic E-state index is 0.128. The van der Waals surface area contributed by atoms with Crippen molar-refractivity contribution in [3.8, 4) is 33.9 Å². The number of hydrogen-bond acceptors (Lipinski definition) is 4. The fraction of sp³-hybridized carbons (Fsp3) is 0.120. The van der Waals surface area contributed by atoms with Crippen LogP contribution in [0.1, 0.15) is 5.56 Å². The van der Waals surface area contributed by atoms with Gasteiger partial charge in [-0.3, -0.25) is 4.79 Å². The topological polar surface area (TPSA) is 53.4 Å². The summed E-state index contributed by atoms with van der Waals surface area (Å²) in [7, 11) is 3.16. The van der Waals surface area contributed by atoms with Crippen LogP contribution in [0.2, 0.25) is 0 Å². The molecule has 4 rings (SSSR count). The Morgan fingerprint density at radius 3 is 1.97 bits per heavy atom. The summed E-state index contributed by atoms with van der Waals surface area (Å²) in [6, 6.07) is 19.3. The Morgan fingerprint density at radius 1 is 0.812 bits per heavy atom. The third-order valence-electron chi connectivity index (χ3n) is 5.10. The fourth-order valence-electron chi connectivity index (χ4n) is 3.37. The highest BCUT2D eigenvalue weighted by molar-refractivity contribution is 5.80. The Morgan fingerprint density at radius 2 is 1.41 bits per heavy atom. The third-order valence-corrected chi connectivity index (χ3v) is 5.10. The van der Waals surface area contributed by atoms with Gasteiger partial charge in [0.25, 0.3) is 5.56 Å². The van der Waals surface area contributed by atoms with E-state index in [1.165, 1.54) is 16.8 Å². The number of hydrogen-bond donors (Lipinski definition) is 0. The predicted molar refractivity (Wildman–Crippen MR) is 118 cm³/mol. The zero-order valence-electron chi connectivity index (χ0n) is 17.5. The molecule has 1 heterocycles. The molecule has 0 radical (unpaired) electrons. The van der Waals surface area contributed by atoms with Crippen molar-refractivity contribution >= 4 is 0 Å². The van der Waals surface area contributed by atoms with Gasteiger partial charge < -0.3 is 9.47 Å². The summed E-state index contributed by atoms with van der Waals surface area (Å²) in [5.74, 6) is -0.0430. The smallest absolute Gasteiger partial charge is 0.267 e. The van der Waals surface area contributed by atoms with Crippen molar-refractivity contribution in [1.82, 2.24) is 9.78 Å². The molecule has 0 fully saturated rings. The van der Waals surface area contributed by atoms with Crippen LogP contribution in [-0.2, 0) is 6.54 Å². The first-order chi connectivity index (χ1) is 15.5. The molecule has 162 valence electrons. The average molecular weight is 434 g/mol. The van der Waals surface area contributed by atoms with Crippen molar-refractivity contribution < 1.29 is 18.3 Å². The lowest BCUT2D eigenvalue weighted by atomic mass is 10.00. The van der Waals surface area contributed by atoms with Crippen molar-refractivity contribution in [2.24, 2.45) is 0 Å². The SMILES string of the molecule is COc1ccc(-c2cc(=O)n(Cc3ccc(F)cc3F)nc2-c2ccc(OC)cc2)cc1. The molecular formula is C25H20F2N2O3. The molecule has 0 N–H and O–H groups in total. The zero-order valence-corrected chi connectivity index (χ0v) is 17.5. The minimum atomic E-state index is -0.732. The monoisotopic (exact) mass is 434 g/mol. The lowest BCUT2D eigenvalue weighted by Crippen LogP contribution is -2.24. The summed E-state index contributed by atoms with van der Waals surface area (Å²) in [5, 5.41) is 4.55. The second-order valence-corrected chi connectivity index (χ2v) is 7.10. The first kappa shape index (κ1) is 21.2. The molecular weight excluding hydrogens is 414 g/mol. The van der Waals surface area contributed by atoms with Crippen LogP contribution in [-0.4, -0.2) is 24.0 Å². The zero-order chi connectivity index (χ0) is 22.7. The molecule has 0 aliphatic carbocycles. The summed E-state index contributed by atoms with van der Waals surface area (Å²) in [6.45, 7) is -0.128. The number of benzene rings is 3. The maximum absolute atomic E-state index is 14.2. The summed E-state index contributed by atoms with van der Waals surface area (Å²) in [6.07, 6.45) is 0. The van der Waals surface area contributed by atoms with E-state index in [9.17, 15) is 13.6 Å². The molecule has 0 saturated heterocycles. The maximum Gasteiger partial charge on any atom is 0.267 e. The van der Waals surface area contributed by atoms with Gasteiger partial charge in [0.1, 0.15) is 23.1 Å². The van der Waals surface area contributed by atoms with Crippen LogP contribution >= 0.6 is 0 Å². The van der Waals surface area contributed by atoms with E-state index >= 15 is 0 Å². The second kappa shape index (κ2) is 9.01. The van der Waals surface area contributed by atoms with Crippen LogP contribution in [0.15, 0.2) is 77.6 Å². The van der Waals surface area contributed by atoms with Crippen molar-refractivity contribution in [1.29, 1.82) is 0 Å². The molecule has 0 amide bonds. The van der Waals surface area contributed by atoms with Gasteiger partial charge in [-0.15, -0.1) is 0 Å².